The number of nitrogens with one attached hydrogen (secondary N) is 2. The van der Waals surface area contributed by atoms with Gasteiger partial charge in [0.1, 0.15) is 11.5 Å². The topological polar surface area (TPSA) is 85.1 Å². The van der Waals surface area contributed by atoms with E-state index in [1.54, 1.807) is 6.26 Å². The highest BCUT2D eigenvalue weighted by Crippen LogP contribution is 2.16. The molecule has 1 aromatic carbocycles. The third kappa shape index (κ3) is 7.85. The van der Waals surface area contributed by atoms with Crippen molar-refractivity contribution in [1.82, 2.24) is 5.32 Å². The van der Waals surface area contributed by atoms with Crippen LogP contribution >= 0.6 is 0 Å². The highest BCUT2D eigenvalue weighted by atomic mass is 16.5. The first-order valence-corrected chi connectivity index (χ1v) is 8.98. The molecule has 0 unspecified atom stereocenters. The molecule has 1 heterocycles. The van der Waals surface area contributed by atoms with E-state index in [1.165, 1.54) is 7.11 Å². The van der Waals surface area contributed by atoms with Crippen molar-refractivity contribution in [2.75, 3.05) is 25.5 Å². The number of carbonyl (C=O) groups is 1. The summed E-state index contributed by atoms with van der Waals surface area (Å²) in [5.74, 6) is 2.00. The quantitative estimate of drug-likeness (QED) is 0.399. The summed E-state index contributed by atoms with van der Waals surface area (Å²) in [6.45, 7) is 4.95. The number of nitrogens with zero attached hydrogens (tertiary/aromatic N) is 1. The predicted octanol–water partition coefficient (Wildman–Crippen LogP) is 3.23. The molecule has 0 saturated heterocycles. The van der Waals surface area contributed by atoms with Crippen molar-refractivity contribution in [3.8, 4) is 5.75 Å². The molecule has 0 aliphatic heterocycles. The van der Waals surface area contributed by atoms with Gasteiger partial charge in [-0.05, 0) is 50.2 Å². The van der Waals surface area contributed by atoms with Crippen LogP contribution in [0.2, 0.25) is 0 Å². The number of aliphatic imine (C=N–C) groups is 1. The molecule has 27 heavy (non-hydrogen) atoms. The number of methoxy groups -OCH3 is 1. The number of furan rings is 1. The minimum Gasteiger partial charge on any atom is -0.491 e. The van der Waals surface area contributed by atoms with Crippen molar-refractivity contribution in [3.05, 3.63) is 48.4 Å². The van der Waals surface area contributed by atoms with Gasteiger partial charge in [-0.3, -0.25) is 9.79 Å². The summed E-state index contributed by atoms with van der Waals surface area (Å²) in [6.07, 6.45) is 2.73. The van der Waals surface area contributed by atoms with Gasteiger partial charge in [-0.1, -0.05) is 0 Å². The van der Waals surface area contributed by atoms with Gasteiger partial charge in [-0.2, -0.15) is 0 Å². The second kappa shape index (κ2) is 10.9. The molecule has 2 N–H and O–H groups in total. The van der Waals surface area contributed by atoms with Crippen LogP contribution in [0.15, 0.2) is 52.1 Å². The number of ether oxygens (including phenoxy) is 2. The molecule has 2 rings (SSSR count). The Hall–Kier alpha value is -2.96. The fraction of sp³-hybridized carbons (Fsp3) is 0.400. The minimum atomic E-state index is -0.288. The van der Waals surface area contributed by atoms with E-state index in [4.69, 9.17) is 9.15 Å². The summed E-state index contributed by atoms with van der Waals surface area (Å²) in [5.41, 5.74) is 0.869. The lowest BCUT2D eigenvalue weighted by Gasteiger charge is -2.14. The molecule has 0 radical (unpaired) electrons. The number of anilines is 1. The van der Waals surface area contributed by atoms with Gasteiger partial charge in [-0.15, -0.1) is 0 Å². The van der Waals surface area contributed by atoms with E-state index in [9.17, 15) is 4.79 Å². The standard InChI is InChI=1S/C20H27N3O4/c1-15(2)27-18-8-6-16(7-9-18)23-20(22-13-11-19(24)25-3)21-12-10-17-5-4-14-26-17/h4-9,14-15H,10-13H2,1-3H3,(H2,21,22,23). The van der Waals surface area contributed by atoms with Crippen molar-refractivity contribution in [1.29, 1.82) is 0 Å². The van der Waals surface area contributed by atoms with Gasteiger partial charge in [0.05, 0.1) is 32.4 Å². The van der Waals surface area contributed by atoms with Gasteiger partial charge < -0.3 is 24.5 Å². The predicted molar refractivity (Wildman–Crippen MR) is 105 cm³/mol. The fourth-order valence-electron chi connectivity index (χ4n) is 2.29. The van der Waals surface area contributed by atoms with Crippen molar-refractivity contribution in [3.63, 3.8) is 0 Å². The summed E-state index contributed by atoms with van der Waals surface area (Å²) in [5, 5.41) is 6.47. The van der Waals surface area contributed by atoms with Crippen LogP contribution in [0.3, 0.4) is 0 Å². The first kappa shape index (κ1) is 20.4. The Morgan fingerprint density at radius 2 is 2.00 bits per heavy atom. The number of hydrogen-bond donors (Lipinski definition) is 2. The molecule has 146 valence electrons. The number of carbonyl (C=O) groups excluding carboxylic acids is 1. The SMILES string of the molecule is COC(=O)CCN=C(NCCc1ccco1)Nc1ccc(OC(C)C)cc1. The second-order valence-electron chi connectivity index (χ2n) is 6.13. The molecule has 7 heteroatoms. The number of rotatable bonds is 9. The van der Waals surface area contributed by atoms with Crippen LogP contribution in [0.5, 0.6) is 5.75 Å². The summed E-state index contributed by atoms with van der Waals surface area (Å²) in [4.78, 5) is 15.7. The highest BCUT2D eigenvalue weighted by molar-refractivity contribution is 5.93. The van der Waals surface area contributed by atoms with E-state index >= 15 is 0 Å². The lowest BCUT2D eigenvalue weighted by molar-refractivity contribution is -0.140. The summed E-state index contributed by atoms with van der Waals surface area (Å²) in [6, 6.07) is 11.4. The van der Waals surface area contributed by atoms with Gasteiger partial charge in [0, 0.05) is 18.7 Å². The molecular formula is C20H27N3O4. The maximum Gasteiger partial charge on any atom is 0.307 e. The molecule has 0 amide bonds. The zero-order valence-corrected chi connectivity index (χ0v) is 16.0. The molecule has 2 aromatic rings. The Kier molecular flexibility index (Phi) is 8.22. The Balaban J connectivity index is 1.94. The molecule has 7 nitrogen and oxygen atoms in total. The Bertz CT molecular complexity index is 709. The van der Waals surface area contributed by atoms with E-state index in [-0.39, 0.29) is 18.5 Å². The van der Waals surface area contributed by atoms with Crippen LogP contribution in [0.4, 0.5) is 5.69 Å². The van der Waals surface area contributed by atoms with Crippen molar-refractivity contribution in [2.24, 2.45) is 4.99 Å². The summed E-state index contributed by atoms with van der Waals surface area (Å²) < 4.78 is 15.6. The van der Waals surface area contributed by atoms with E-state index in [1.807, 2.05) is 50.2 Å². The van der Waals surface area contributed by atoms with Gasteiger partial charge in [0.25, 0.3) is 0 Å². The van der Waals surface area contributed by atoms with Crippen LogP contribution in [0, 0.1) is 0 Å². The zero-order chi connectivity index (χ0) is 19.5. The summed E-state index contributed by atoms with van der Waals surface area (Å²) in [7, 11) is 1.37. The molecule has 0 fully saturated rings. The van der Waals surface area contributed by atoms with Crippen LogP contribution in [-0.2, 0) is 16.0 Å². The number of esters is 1. The molecular weight excluding hydrogens is 346 g/mol. The van der Waals surface area contributed by atoms with Crippen LogP contribution in [-0.4, -0.2) is 38.2 Å². The van der Waals surface area contributed by atoms with E-state index in [2.05, 4.69) is 20.4 Å². The maximum absolute atomic E-state index is 11.3. The smallest absolute Gasteiger partial charge is 0.307 e. The van der Waals surface area contributed by atoms with Gasteiger partial charge in [0.15, 0.2) is 5.96 Å². The average molecular weight is 373 g/mol. The highest BCUT2D eigenvalue weighted by Gasteiger charge is 2.04. The van der Waals surface area contributed by atoms with E-state index in [0.29, 0.717) is 19.0 Å². The third-order valence-electron chi connectivity index (χ3n) is 3.55. The molecule has 0 saturated carbocycles. The maximum atomic E-state index is 11.3. The Morgan fingerprint density at radius 3 is 2.63 bits per heavy atom. The lowest BCUT2D eigenvalue weighted by Crippen LogP contribution is -2.32. The second-order valence-corrected chi connectivity index (χ2v) is 6.13. The van der Waals surface area contributed by atoms with Crippen molar-refractivity contribution >= 4 is 17.6 Å². The molecule has 0 atom stereocenters. The largest absolute Gasteiger partial charge is 0.491 e. The number of hydrogen-bond acceptors (Lipinski definition) is 5. The van der Waals surface area contributed by atoms with Gasteiger partial charge >= 0.3 is 5.97 Å². The Morgan fingerprint density at radius 1 is 1.22 bits per heavy atom. The minimum absolute atomic E-state index is 0.127. The van der Waals surface area contributed by atoms with Gasteiger partial charge in [0.2, 0.25) is 0 Å². The number of guanidine groups is 1. The lowest BCUT2D eigenvalue weighted by atomic mass is 10.3. The third-order valence-corrected chi connectivity index (χ3v) is 3.55. The first-order valence-electron chi connectivity index (χ1n) is 8.98. The summed E-state index contributed by atoms with van der Waals surface area (Å²) >= 11 is 0. The molecule has 0 aliphatic carbocycles. The average Bonchev–Trinajstić information content (AvgIpc) is 3.16. The fourth-order valence-corrected chi connectivity index (χ4v) is 2.29. The molecule has 0 spiro atoms. The normalized spacial score (nSPS) is 11.3. The molecule has 1 aromatic heterocycles. The van der Waals surface area contributed by atoms with Crippen LogP contribution in [0.1, 0.15) is 26.0 Å². The molecule has 0 aliphatic rings. The Labute approximate surface area is 159 Å². The molecule has 0 bridgehead atoms. The number of benzene rings is 1. The van der Waals surface area contributed by atoms with Gasteiger partial charge in [-0.25, -0.2) is 0 Å². The van der Waals surface area contributed by atoms with E-state index < -0.39 is 0 Å². The van der Waals surface area contributed by atoms with Crippen molar-refractivity contribution < 1.29 is 18.7 Å². The van der Waals surface area contributed by atoms with Crippen LogP contribution < -0.4 is 15.4 Å². The monoisotopic (exact) mass is 373 g/mol. The van der Waals surface area contributed by atoms with Crippen molar-refractivity contribution in [2.45, 2.75) is 32.8 Å². The first-order chi connectivity index (χ1) is 13.1. The zero-order valence-electron chi connectivity index (χ0n) is 16.0. The van der Waals surface area contributed by atoms with E-state index in [0.717, 1.165) is 23.6 Å². The van der Waals surface area contributed by atoms with Crippen LogP contribution in [0.25, 0.3) is 0 Å².